The first-order valence-corrected chi connectivity index (χ1v) is 5.28. The van der Waals surface area contributed by atoms with Crippen LogP contribution in [-0.2, 0) is 5.54 Å². The summed E-state index contributed by atoms with van der Waals surface area (Å²) in [6.07, 6.45) is 0. The Hall–Kier alpha value is -0.380. The van der Waals surface area contributed by atoms with Gasteiger partial charge in [-0.3, -0.25) is 0 Å². The van der Waals surface area contributed by atoms with E-state index in [9.17, 15) is 5.11 Å². The van der Waals surface area contributed by atoms with E-state index in [2.05, 4.69) is 0 Å². The monoisotopic (exact) mass is 199 g/mol. The van der Waals surface area contributed by atoms with E-state index in [-0.39, 0.29) is 12.0 Å². The third kappa shape index (κ3) is 1.77. The molecule has 0 spiro atoms. The highest BCUT2D eigenvalue weighted by Crippen LogP contribution is 2.37. The minimum Gasteiger partial charge on any atom is -0.396 e. The number of aliphatic hydroxyl groups excluding tert-OH is 1. The lowest BCUT2D eigenvalue weighted by Crippen LogP contribution is -2.49. The molecular weight excluding hydrogens is 182 g/mol. The molecule has 0 aliphatic heterocycles. The molecule has 0 saturated heterocycles. The molecule has 13 heavy (non-hydrogen) atoms. The first-order valence-electron chi connectivity index (χ1n) is 4.34. The van der Waals surface area contributed by atoms with Crippen LogP contribution in [0.1, 0.15) is 26.3 Å². The van der Waals surface area contributed by atoms with Gasteiger partial charge >= 0.3 is 0 Å². The quantitative estimate of drug-likeness (QED) is 0.781. The van der Waals surface area contributed by atoms with E-state index in [4.69, 9.17) is 5.73 Å². The molecule has 1 aromatic heterocycles. The van der Waals surface area contributed by atoms with Gasteiger partial charge < -0.3 is 10.8 Å². The van der Waals surface area contributed by atoms with Crippen molar-refractivity contribution in [3.05, 3.63) is 22.4 Å². The fourth-order valence-electron chi connectivity index (χ4n) is 1.11. The van der Waals surface area contributed by atoms with Crippen molar-refractivity contribution in [3.8, 4) is 0 Å². The van der Waals surface area contributed by atoms with Crippen molar-refractivity contribution in [2.45, 2.75) is 26.3 Å². The zero-order valence-electron chi connectivity index (χ0n) is 8.37. The molecule has 0 unspecified atom stereocenters. The van der Waals surface area contributed by atoms with Gasteiger partial charge in [0.1, 0.15) is 0 Å². The smallest absolute Gasteiger partial charge is 0.0502 e. The van der Waals surface area contributed by atoms with Crippen LogP contribution in [0.15, 0.2) is 16.8 Å². The van der Waals surface area contributed by atoms with Crippen molar-refractivity contribution < 1.29 is 5.11 Å². The largest absolute Gasteiger partial charge is 0.396 e. The molecule has 1 atom stereocenters. The fraction of sp³-hybridized carbons (Fsp3) is 0.600. The molecule has 1 rings (SSSR count). The molecule has 0 aliphatic rings. The first-order chi connectivity index (χ1) is 5.92. The van der Waals surface area contributed by atoms with Gasteiger partial charge in [-0.25, -0.2) is 0 Å². The zero-order valence-corrected chi connectivity index (χ0v) is 9.19. The molecule has 0 fully saturated rings. The summed E-state index contributed by atoms with van der Waals surface area (Å²) in [4.78, 5) is 0. The highest BCUT2D eigenvalue weighted by atomic mass is 32.1. The van der Waals surface area contributed by atoms with Crippen LogP contribution in [0.2, 0.25) is 0 Å². The Balaban J connectivity index is 3.02. The minimum absolute atomic E-state index is 0.0931. The maximum atomic E-state index is 9.25. The summed E-state index contributed by atoms with van der Waals surface area (Å²) in [5.74, 6) is 0. The molecular formula is C10H17NOS. The lowest BCUT2D eigenvalue weighted by molar-refractivity contribution is 0.0813. The van der Waals surface area contributed by atoms with Crippen LogP contribution < -0.4 is 5.73 Å². The molecule has 0 bridgehead atoms. The van der Waals surface area contributed by atoms with Gasteiger partial charge in [0.2, 0.25) is 0 Å². The van der Waals surface area contributed by atoms with Gasteiger partial charge in [-0.05, 0) is 29.3 Å². The standard InChI is InChI=1S/C10H17NOS/c1-9(2,7-12)10(3,11)8-4-5-13-6-8/h4-6,12H,7,11H2,1-3H3/t10-/m0/s1. The summed E-state index contributed by atoms with van der Waals surface area (Å²) >= 11 is 1.63. The van der Waals surface area contributed by atoms with Crippen LogP contribution in [0.25, 0.3) is 0 Å². The van der Waals surface area contributed by atoms with Gasteiger partial charge in [-0.1, -0.05) is 13.8 Å². The predicted molar refractivity (Wildman–Crippen MR) is 56.7 cm³/mol. The van der Waals surface area contributed by atoms with E-state index in [1.807, 2.05) is 37.6 Å². The molecule has 1 aromatic rings. The number of hydrogen-bond donors (Lipinski definition) is 2. The lowest BCUT2D eigenvalue weighted by atomic mass is 9.71. The van der Waals surface area contributed by atoms with Crippen molar-refractivity contribution in [2.75, 3.05) is 6.61 Å². The van der Waals surface area contributed by atoms with E-state index >= 15 is 0 Å². The maximum absolute atomic E-state index is 9.25. The van der Waals surface area contributed by atoms with Gasteiger partial charge in [0.05, 0.1) is 6.61 Å². The number of rotatable bonds is 3. The Morgan fingerprint density at radius 3 is 2.46 bits per heavy atom. The number of nitrogens with two attached hydrogens (primary N) is 1. The van der Waals surface area contributed by atoms with Crippen molar-refractivity contribution in [1.29, 1.82) is 0 Å². The van der Waals surface area contributed by atoms with Gasteiger partial charge in [0.15, 0.2) is 0 Å². The van der Waals surface area contributed by atoms with Gasteiger partial charge in [-0.15, -0.1) is 0 Å². The number of hydrogen-bond acceptors (Lipinski definition) is 3. The SMILES string of the molecule is CC(C)(CO)[C@@](C)(N)c1ccsc1. The molecule has 3 heteroatoms. The van der Waals surface area contributed by atoms with Crippen molar-refractivity contribution in [2.24, 2.45) is 11.1 Å². The van der Waals surface area contributed by atoms with Crippen LogP contribution in [0.4, 0.5) is 0 Å². The Kier molecular flexibility index (Phi) is 2.80. The Morgan fingerprint density at radius 1 is 1.46 bits per heavy atom. The van der Waals surface area contributed by atoms with Gasteiger partial charge in [0.25, 0.3) is 0 Å². The maximum Gasteiger partial charge on any atom is 0.0502 e. The average molecular weight is 199 g/mol. The van der Waals surface area contributed by atoms with Crippen molar-refractivity contribution in [3.63, 3.8) is 0 Å². The van der Waals surface area contributed by atoms with E-state index in [0.717, 1.165) is 5.56 Å². The molecule has 2 nitrogen and oxygen atoms in total. The van der Waals surface area contributed by atoms with Crippen LogP contribution >= 0.6 is 11.3 Å². The van der Waals surface area contributed by atoms with Crippen LogP contribution in [0.5, 0.6) is 0 Å². The Labute approximate surface area is 83.4 Å². The summed E-state index contributed by atoms with van der Waals surface area (Å²) in [6.45, 7) is 6.01. The second kappa shape index (κ2) is 3.40. The third-order valence-corrected chi connectivity index (χ3v) is 3.61. The molecule has 0 aromatic carbocycles. The first kappa shape index (κ1) is 10.7. The summed E-state index contributed by atoms with van der Waals surface area (Å²) in [5.41, 5.74) is 6.54. The molecule has 0 amide bonds. The average Bonchev–Trinajstić information content (AvgIpc) is 2.56. The van der Waals surface area contributed by atoms with Gasteiger partial charge in [0, 0.05) is 11.0 Å². The topological polar surface area (TPSA) is 46.2 Å². The van der Waals surface area contributed by atoms with E-state index in [1.165, 1.54) is 0 Å². The summed E-state index contributed by atoms with van der Waals surface area (Å²) in [7, 11) is 0. The second-order valence-corrected chi connectivity index (χ2v) is 5.04. The Bertz CT molecular complexity index is 264. The molecule has 1 heterocycles. The van der Waals surface area contributed by atoms with Crippen LogP contribution in [0, 0.1) is 5.41 Å². The van der Waals surface area contributed by atoms with Crippen LogP contribution in [-0.4, -0.2) is 11.7 Å². The third-order valence-electron chi connectivity index (χ3n) is 2.92. The summed E-state index contributed by atoms with van der Waals surface area (Å²) in [5, 5.41) is 13.3. The molecule has 0 radical (unpaired) electrons. The number of aliphatic hydroxyl groups is 1. The highest BCUT2D eigenvalue weighted by Gasteiger charge is 2.38. The Morgan fingerprint density at radius 2 is 2.08 bits per heavy atom. The van der Waals surface area contributed by atoms with Crippen molar-refractivity contribution >= 4 is 11.3 Å². The lowest BCUT2D eigenvalue weighted by Gasteiger charge is -2.39. The second-order valence-electron chi connectivity index (χ2n) is 4.26. The van der Waals surface area contributed by atoms with Crippen LogP contribution in [0.3, 0.4) is 0 Å². The van der Waals surface area contributed by atoms with Crippen molar-refractivity contribution in [1.82, 2.24) is 0 Å². The number of thiophene rings is 1. The molecule has 0 aliphatic carbocycles. The predicted octanol–water partition coefficient (Wildman–Crippen LogP) is 1.94. The normalized spacial score (nSPS) is 17.0. The fourth-order valence-corrected chi connectivity index (χ4v) is 1.89. The van der Waals surface area contributed by atoms with Gasteiger partial charge in [-0.2, -0.15) is 11.3 Å². The highest BCUT2D eigenvalue weighted by molar-refractivity contribution is 7.08. The van der Waals surface area contributed by atoms with E-state index < -0.39 is 5.54 Å². The zero-order chi connectivity index (χ0) is 10.1. The summed E-state index contributed by atoms with van der Waals surface area (Å²) < 4.78 is 0. The van der Waals surface area contributed by atoms with E-state index in [0.29, 0.717) is 0 Å². The summed E-state index contributed by atoms with van der Waals surface area (Å²) in [6, 6.07) is 2.02. The minimum atomic E-state index is -0.470. The molecule has 0 saturated carbocycles. The molecule has 74 valence electrons. The molecule has 3 N–H and O–H groups in total. The van der Waals surface area contributed by atoms with E-state index in [1.54, 1.807) is 11.3 Å².